The molecule has 3 aromatic heterocycles. The van der Waals surface area contributed by atoms with Gasteiger partial charge in [0.1, 0.15) is 5.82 Å². The van der Waals surface area contributed by atoms with Crippen molar-refractivity contribution < 1.29 is 13.2 Å². The molecule has 162 valence electrons. The van der Waals surface area contributed by atoms with Crippen LogP contribution in [0.1, 0.15) is 57.2 Å². The number of hydrogen-bond acceptors (Lipinski definition) is 6. The fourth-order valence-corrected chi connectivity index (χ4v) is 6.66. The minimum absolute atomic E-state index is 0.0501. The lowest BCUT2D eigenvalue weighted by Crippen LogP contribution is -2.39. The first-order valence-electron chi connectivity index (χ1n) is 10.8. The molecule has 9 nitrogen and oxygen atoms in total. The van der Waals surface area contributed by atoms with Crippen LogP contribution in [-0.4, -0.2) is 57.5 Å². The molecule has 3 aromatic rings. The monoisotopic (exact) mass is 432 g/mol. The van der Waals surface area contributed by atoms with Gasteiger partial charge in [0, 0.05) is 24.8 Å². The summed E-state index contributed by atoms with van der Waals surface area (Å²) in [5.74, 6) is 1.43. The van der Waals surface area contributed by atoms with Crippen LogP contribution in [0.2, 0.25) is 0 Å². The Morgan fingerprint density at radius 2 is 2.20 bits per heavy atom. The van der Waals surface area contributed by atoms with E-state index in [4.69, 9.17) is 4.74 Å². The van der Waals surface area contributed by atoms with E-state index in [0.29, 0.717) is 18.2 Å². The molecule has 5 rings (SSSR count). The van der Waals surface area contributed by atoms with Gasteiger partial charge in [-0.15, -0.1) is 10.2 Å². The normalized spacial score (nSPS) is 27.9. The highest BCUT2D eigenvalue weighted by atomic mass is 32.2. The maximum atomic E-state index is 12.8. The lowest BCUT2D eigenvalue weighted by Gasteiger charge is -2.23. The number of nitrogens with one attached hydrogen (secondary N) is 2. The number of aromatic amines is 1. The van der Waals surface area contributed by atoms with Gasteiger partial charge in [-0.3, -0.25) is 4.40 Å². The van der Waals surface area contributed by atoms with Crippen LogP contribution in [0.3, 0.4) is 0 Å². The van der Waals surface area contributed by atoms with Gasteiger partial charge in [-0.2, -0.15) is 0 Å². The Kier molecular flexibility index (Phi) is 5.24. The summed E-state index contributed by atoms with van der Waals surface area (Å²) in [5.41, 5.74) is 2.45. The largest absolute Gasteiger partial charge is 0.377 e. The number of nitrogens with zero attached hydrogens (tertiary/aromatic N) is 4. The van der Waals surface area contributed by atoms with Gasteiger partial charge in [-0.25, -0.2) is 18.1 Å². The van der Waals surface area contributed by atoms with Gasteiger partial charge < -0.3 is 9.72 Å². The van der Waals surface area contributed by atoms with E-state index >= 15 is 0 Å². The van der Waals surface area contributed by atoms with E-state index in [2.05, 4.69) is 36.2 Å². The third kappa shape index (κ3) is 3.72. The van der Waals surface area contributed by atoms with E-state index in [9.17, 15) is 8.42 Å². The molecule has 2 N–H and O–H groups in total. The van der Waals surface area contributed by atoms with Crippen molar-refractivity contribution in [3.8, 4) is 0 Å². The third-order valence-electron chi connectivity index (χ3n) is 6.54. The Labute approximate surface area is 175 Å². The zero-order valence-electron chi connectivity index (χ0n) is 17.1. The maximum Gasteiger partial charge on any atom is 0.214 e. The number of H-pyrrole nitrogens is 1. The summed E-state index contributed by atoms with van der Waals surface area (Å²) in [6, 6.07) is 1.88. The van der Waals surface area contributed by atoms with Crippen molar-refractivity contribution in [2.24, 2.45) is 5.92 Å². The smallest absolute Gasteiger partial charge is 0.214 e. The second kappa shape index (κ2) is 7.90. The highest BCUT2D eigenvalue weighted by Crippen LogP contribution is 2.41. The predicted octanol–water partition coefficient (Wildman–Crippen LogP) is 2.37. The van der Waals surface area contributed by atoms with Crippen molar-refractivity contribution in [2.45, 2.75) is 63.5 Å². The molecule has 0 radical (unpaired) electrons. The van der Waals surface area contributed by atoms with Crippen LogP contribution in [0.15, 0.2) is 18.5 Å². The van der Waals surface area contributed by atoms with Gasteiger partial charge >= 0.3 is 0 Å². The van der Waals surface area contributed by atoms with Crippen LogP contribution in [0.4, 0.5) is 0 Å². The van der Waals surface area contributed by atoms with Crippen molar-refractivity contribution in [3.63, 3.8) is 0 Å². The van der Waals surface area contributed by atoms with Crippen molar-refractivity contribution in [1.82, 2.24) is 29.3 Å². The van der Waals surface area contributed by atoms with E-state index in [1.807, 2.05) is 12.3 Å². The number of fused-ring (bicyclic) bond motifs is 3. The summed E-state index contributed by atoms with van der Waals surface area (Å²) in [6.07, 6.45) is 8.75. The Balaban J connectivity index is 1.37. The van der Waals surface area contributed by atoms with Gasteiger partial charge in [0.2, 0.25) is 10.0 Å². The predicted molar refractivity (Wildman–Crippen MR) is 113 cm³/mol. The molecule has 0 spiro atoms. The molecular weight excluding hydrogens is 404 g/mol. The van der Waals surface area contributed by atoms with Crippen LogP contribution in [0, 0.1) is 5.92 Å². The van der Waals surface area contributed by atoms with Crippen molar-refractivity contribution >= 4 is 26.8 Å². The molecule has 1 saturated carbocycles. The van der Waals surface area contributed by atoms with E-state index in [1.54, 1.807) is 6.20 Å². The molecule has 1 aliphatic heterocycles. The molecule has 1 saturated heterocycles. The third-order valence-corrected chi connectivity index (χ3v) is 8.05. The zero-order chi connectivity index (χ0) is 20.7. The number of hydrogen-bond donors (Lipinski definition) is 2. The quantitative estimate of drug-likeness (QED) is 0.618. The van der Waals surface area contributed by atoms with Crippen LogP contribution in [0.25, 0.3) is 16.8 Å². The van der Waals surface area contributed by atoms with Gasteiger partial charge in [0.25, 0.3) is 0 Å². The Morgan fingerprint density at radius 3 is 3.00 bits per heavy atom. The Hall–Kier alpha value is -2.04. The lowest BCUT2D eigenvalue weighted by atomic mass is 9.93. The summed E-state index contributed by atoms with van der Waals surface area (Å²) < 4.78 is 36.2. The van der Waals surface area contributed by atoms with Gasteiger partial charge in [-0.1, -0.05) is 13.3 Å². The maximum absolute atomic E-state index is 12.8. The molecular formula is C20H28N6O3S. The molecule has 0 bridgehead atoms. The topological polar surface area (TPSA) is 114 Å². The second-order valence-electron chi connectivity index (χ2n) is 8.55. The van der Waals surface area contributed by atoms with Gasteiger partial charge in [0.05, 0.1) is 23.6 Å². The minimum atomic E-state index is -3.39. The lowest BCUT2D eigenvalue weighted by molar-refractivity contribution is 0.0303. The van der Waals surface area contributed by atoms with Crippen molar-refractivity contribution in [2.75, 3.05) is 12.4 Å². The first-order chi connectivity index (χ1) is 14.5. The fraction of sp³-hybridized carbons (Fsp3) is 0.650. The fourth-order valence-electron chi connectivity index (χ4n) is 5.11. The Bertz CT molecular complexity index is 1130. The minimum Gasteiger partial charge on any atom is -0.377 e. The Morgan fingerprint density at radius 1 is 1.30 bits per heavy atom. The molecule has 4 heterocycles. The van der Waals surface area contributed by atoms with Crippen LogP contribution in [0.5, 0.6) is 0 Å². The number of rotatable bonds is 6. The van der Waals surface area contributed by atoms with Crippen LogP contribution >= 0.6 is 0 Å². The molecule has 10 heteroatoms. The summed E-state index contributed by atoms with van der Waals surface area (Å²) in [5, 5.41) is 8.81. The van der Waals surface area contributed by atoms with E-state index in [1.165, 1.54) is 0 Å². The summed E-state index contributed by atoms with van der Waals surface area (Å²) in [4.78, 5) is 7.52. The molecule has 4 atom stereocenters. The van der Waals surface area contributed by atoms with Crippen molar-refractivity contribution in [1.29, 1.82) is 0 Å². The first kappa shape index (κ1) is 19.9. The molecule has 30 heavy (non-hydrogen) atoms. The SMILES string of the molecule is CC[C@@H]1C[C@H](NS(=O)(=O)CC2CCCCO2)C[C@@H]1c1nnc2cnc3[nH]ccc3n12. The highest BCUT2D eigenvalue weighted by molar-refractivity contribution is 7.89. The molecule has 1 aliphatic carbocycles. The summed E-state index contributed by atoms with van der Waals surface area (Å²) in [6.45, 7) is 2.81. The van der Waals surface area contributed by atoms with Crippen molar-refractivity contribution in [3.05, 3.63) is 24.3 Å². The highest BCUT2D eigenvalue weighted by Gasteiger charge is 2.39. The average Bonchev–Trinajstić information content (AvgIpc) is 3.44. The molecule has 0 aromatic carbocycles. The summed E-state index contributed by atoms with van der Waals surface area (Å²) in [7, 11) is -3.39. The zero-order valence-corrected chi connectivity index (χ0v) is 17.9. The van der Waals surface area contributed by atoms with Gasteiger partial charge in [0.15, 0.2) is 11.3 Å². The number of ether oxygens (including phenoxy) is 1. The van der Waals surface area contributed by atoms with Crippen LogP contribution < -0.4 is 4.72 Å². The molecule has 1 unspecified atom stereocenters. The van der Waals surface area contributed by atoms with E-state index in [0.717, 1.165) is 55.5 Å². The summed E-state index contributed by atoms with van der Waals surface area (Å²) >= 11 is 0. The van der Waals surface area contributed by atoms with E-state index in [-0.39, 0.29) is 23.8 Å². The number of sulfonamides is 1. The molecule has 2 aliphatic rings. The number of aromatic nitrogens is 5. The average molecular weight is 433 g/mol. The standard InChI is InChI=1S/C20H28N6O3S/c1-2-13-9-14(25-30(27,28)12-15-5-3-4-8-29-15)10-16(13)20-24-23-18-11-22-19-17(26(18)20)6-7-21-19/h6-7,11,13-16,21,25H,2-5,8-10,12H2,1H3/t13-,14+,15?,16+/m1/s1. The first-order valence-corrected chi connectivity index (χ1v) is 12.5. The second-order valence-corrected chi connectivity index (χ2v) is 10.4. The van der Waals surface area contributed by atoms with Gasteiger partial charge in [-0.05, 0) is 44.1 Å². The molecule has 2 fully saturated rings. The molecule has 0 amide bonds. The van der Waals surface area contributed by atoms with Crippen LogP contribution in [-0.2, 0) is 14.8 Å². The van der Waals surface area contributed by atoms with E-state index < -0.39 is 10.0 Å².